The first-order valence-electron chi connectivity index (χ1n) is 12.6. The largest absolute Gasteiger partial charge is 0.355 e. The van der Waals surface area contributed by atoms with Gasteiger partial charge in [-0.3, -0.25) is 13.9 Å². The Bertz CT molecular complexity index is 1310. The Morgan fingerprint density at radius 2 is 1.55 bits per heavy atom. The summed E-state index contributed by atoms with van der Waals surface area (Å²) in [5, 5.41) is 3.25. The summed E-state index contributed by atoms with van der Waals surface area (Å²) in [6.45, 7) is 5.74. The molecule has 3 rings (SSSR count). The first-order valence-corrected chi connectivity index (χ1v) is 14.4. The second kappa shape index (κ2) is 13.4. The number of nitrogens with one attached hydrogen (secondary N) is 1. The predicted octanol–water partition coefficient (Wildman–Crippen LogP) is 4.83. The molecule has 7 nitrogen and oxygen atoms in total. The number of hydrogen-bond donors (Lipinski definition) is 1. The van der Waals surface area contributed by atoms with Gasteiger partial charge in [-0.2, -0.15) is 0 Å². The minimum Gasteiger partial charge on any atom is -0.355 e. The highest BCUT2D eigenvalue weighted by atomic mass is 35.5. The lowest BCUT2D eigenvalue weighted by Crippen LogP contribution is -2.53. The number of nitrogens with zero attached hydrogens (tertiary/aromatic N) is 2. The number of carbonyl (C=O) groups excluding carboxylic acids is 2. The van der Waals surface area contributed by atoms with E-state index in [0.29, 0.717) is 30.1 Å². The fourth-order valence-corrected chi connectivity index (χ4v) is 5.70. The average molecular weight is 556 g/mol. The second-order valence-electron chi connectivity index (χ2n) is 8.94. The molecule has 2 amide bonds. The van der Waals surface area contributed by atoms with Crippen molar-refractivity contribution in [1.29, 1.82) is 0 Å². The summed E-state index contributed by atoms with van der Waals surface area (Å²) < 4.78 is 28.6. The van der Waals surface area contributed by atoms with Crippen molar-refractivity contribution in [2.45, 2.75) is 44.6 Å². The van der Waals surface area contributed by atoms with Crippen molar-refractivity contribution in [3.8, 4) is 0 Å². The zero-order valence-corrected chi connectivity index (χ0v) is 23.5. The van der Waals surface area contributed by atoms with Gasteiger partial charge in [0, 0.05) is 18.1 Å². The number of rotatable bonds is 12. The third-order valence-electron chi connectivity index (χ3n) is 6.22. The van der Waals surface area contributed by atoms with Gasteiger partial charge in [0.05, 0.1) is 10.6 Å². The van der Waals surface area contributed by atoms with Crippen molar-refractivity contribution < 1.29 is 18.0 Å². The number of aryl methyl sites for hydroxylation is 1. The molecule has 0 aliphatic carbocycles. The van der Waals surface area contributed by atoms with Gasteiger partial charge in [0.15, 0.2) is 0 Å². The molecular formula is C29H34ClN3O4S. The van der Waals surface area contributed by atoms with Gasteiger partial charge in [0.25, 0.3) is 10.0 Å². The third kappa shape index (κ3) is 7.36. The molecular weight excluding hydrogens is 522 g/mol. The van der Waals surface area contributed by atoms with E-state index in [-0.39, 0.29) is 17.3 Å². The van der Waals surface area contributed by atoms with Crippen LogP contribution in [0, 0.1) is 6.92 Å². The summed E-state index contributed by atoms with van der Waals surface area (Å²) in [6.07, 6.45) is 0.909. The van der Waals surface area contributed by atoms with E-state index in [1.807, 2.05) is 51.1 Å². The summed E-state index contributed by atoms with van der Waals surface area (Å²) >= 11 is 6.06. The third-order valence-corrected chi connectivity index (χ3v) is 8.26. The summed E-state index contributed by atoms with van der Waals surface area (Å²) in [5.41, 5.74) is 2.23. The van der Waals surface area contributed by atoms with Crippen LogP contribution in [0.1, 0.15) is 31.4 Å². The van der Waals surface area contributed by atoms with Gasteiger partial charge in [0.1, 0.15) is 12.6 Å². The normalized spacial score (nSPS) is 12.0. The maximum Gasteiger partial charge on any atom is 0.264 e. The van der Waals surface area contributed by atoms with Crippen LogP contribution in [0.4, 0.5) is 5.69 Å². The van der Waals surface area contributed by atoms with E-state index in [9.17, 15) is 18.0 Å². The van der Waals surface area contributed by atoms with E-state index in [1.54, 1.807) is 36.4 Å². The Balaban J connectivity index is 1.99. The van der Waals surface area contributed by atoms with Gasteiger partial charge in [-0.05, 0) is 68.7 Å². The smallest absolute Gasteiger partial charge is 0.264 e. The molecule has 38 heavy (non-hydrogen) atoms. The van der Waals surface area contributed by atoms with Crippen LogP contribution in [-0.2, 0) is 26.0 Å². The maximum absolute atomic E-state index is 13.9. The predicted molar refractivity (Wildman–Crippen MR) is 152 cm³/mol. The topological polar surface area (TPSA) is 86.8 Å². The summed E-state index contributed by atoms with van der Waals surface area (Å²) in [5.74, 6) is -0.736. The Morgan fingerprint density at radius 1 is 0.921 bits per heavy atom. The number of amides is 2. The van der Waals surface area contributed by atoms with Crippen molar-refractivity contribution in [3.05, 3.63) is 95.0 Å². The fraction of sp³-hybridized carbons (Fsp3) is 0.310. The number of hydrogen-bond acceptors (Lipinski definition) is 4. The quantitative estimate of drug-likeness (QED) is 0.347. The number of sulfonamides is 1. The van der Waals surface area contributed by atoms with Crippen molar-refractivity contribution in [2.24, 2.45) is 0 Å². The lowest BCUT2D eigenvalue weighted by molar-refractivity contribution is -0.139. The molecule has 0 heterocycles. The second-order valence-corrected chi connectivity index (χ2v) is 11.2. The van der Waals surface area contributed by atoms with Crippen LogP contribution in [0.2, 0.25) is 5.02 Å². The molecule has 3 aromatic carbocycles. The highest BCUT2D eigenvalue weighted by molar-refractivity contribution is 7.92. The molecule has 202 valence electrons. The number of carbonyl (C=O) groups is 2. The summed E-state index contributed by atoms with van der Waals surface area (Å²) in [4.78, 5) is 28.4. The molecule has 0 bridgehead atoms. The van der Waals surface area contributed by atoms with Crippen molar-refractivity contribution in [2.75, 3.05) is 23.9 Å². The SMILES string of the molecule is CCNC(=O)[C@H](CC)N(CCc1ccccc1)C(=O)CN(c1ccc(Cl)cc1)S(=O)(=O)c1ccc(C)cc1. The summed E-state index contributed by atoms with van der Waals surface area (Å²) in [7, 11) is -4.10. The molecule has 0 radical (unpaired) electrons. The van der Waals surface area contributed by atoms with E-state index in [4.69, 9.17) is 11.6 Å². The lowest BCUT2D eigenvalue weighted by atomic mass is 10.1. The number of halogens is 1. The van der Waals surface area contributed by atoms with E-state index in [0.717, 1.165) is 15.4 Å². The van der Waals surface area contributed by atoms with Crippen LogP contribution in [0.5, 0.6) is 0 Å². The highest BCUT2D eigenvalue weighted by Crippen LogP contribution is 2.26. The lowest BCUT2D eigenvalue weighted by Gasteiger charge is -2.33. The molecule has 1 N–H and O–H groups in total. The monoisotopic (exact) mass is 555 g/mol. The molecule has 0 unspecified atom stereocenters. The fourth-order valence-electron chi connectivity index (χ4n) is 4.16. The average Bonchev–Trinajstić information content (AvgIpc) is 2.91. The van der Waals surface area contributed by atoms with E-state index < -0.39 is 28.5 Å². The molecule has 0 fully saturated rings. The first-order chi connectivity index (χ1) is 18.2. The zero-order chi connectivity index (χ0) is 27.7. The first kappa shape index (κ1) is 29.2. The zero-order valence-electron chi connectivity index (χ0n) is 21.9. The Kier molecular flexibility index (Phi) is 10.3. The molecule has 0 aliphatic rings. The van der Waals surface area contributed by atoms with Crippen LogP contribution in [0.3, 0.4) is 0 Å². The molecule has 0 saturated heterocycles. The van der Waals surface area contributed by atoms with Crippen LogP contribution in [0.15, 0.2) is 83.8 Å². The Hall–Kier alpha value is -3.36. The minimum atomic E-state index is -4.10. The van der Waals surface area contributed by atoms with Gasteiger partial charge < -0.3 is 10.2 Å². The van der Waals surface area contributed by atoms with Gasteiger partial charge in [0.2, 0.25) is 11.8 Å². The molecule has 0 saturated carbocycles. The molecule has 0 aliphatic heterocycles. The van der Waals surface area contributed by atoms with Crippen LogP contribution in [0.25, 0.3) is 0 Å². The maximum atomic E-state index is 13.9. The Morgan fingerprint density at radius 3 is 2.13 bits per heavy atom. The van der Waals surface area contributed by atoms with Crippen LogP contribution in [-0.4, -0.2) is 50.8 Å². The van der Waals surface area contributed by atoms with E-state index >= 15 is 0 Å². The molecule has 0 aromatic heterocycles. The highest BCUT2D eigenvalue weighted by Gasteiger charge is 2.33. The van der Waals surface area contributed by atoms with Crippen molar-refractivity contribution >= 4 is 39.1 Å². The molecule has 3 aromatic rings. The number of anilines is 1. The number of likely N-dealkylation sites (N-methyl/N-ethyl adjacent to an activating group) is 1. The summed E-state index contributed by atoms with van der Waals surface area (Å²) in [6, 6.07) is 21.7. The standard InChI is InChI=1S/C29H34ClN3O4S/c1-4-27(29(35)31-5-2)32(20-19-23-9-7-6-8-10-23)28(34)21-33(25-15-13-24(30)14-16-25)38(36,37)26-17-11-22(3)12-18-26/h6-18,27H,4-5,19-21H2,1-3H3,(H,31,35)/t27-/m0/s1. The van der Waals surface area contributed by atoms with Gasteiger partial charge in [-0.25, -0.2) is 8.42 Å². The van der Waals surface area contributed by atoms with Crippen LogP contribution < -0.4 is 9.62 Å². The van der Waals surface area contributed by atoms with Gasteiger partial charge in [-0.1, -0.05) is 66.6 Å². The molecule has 1 atom stereocenters. The number of benzene rings is 3. The minimum absolute atomic E-state index is 0.0671. The van der Waals surface area contributed by atoms with Gasteiger partial charge in [-0.15, -0.1) is 0 Å². The van der Waals surface area contributed by atoms with E-state index in [1.165, 1.54) is 17.0 Å². The molecule has 9 heteroatoms. The van der Waals surface area contributed by atoms with Gasteiger partial charge >= 0.3 is 0 Å². The van der Waals surface area contributed by atoms with Crippen molar-refractivity contribution in [3.63, 3.8) is 0 Å². The van der Waals surface area contributed by atoms with Crippen molar-refractivity contribution in [1.82, 2.24) is 10.2 Å². The van der Waals surface area contributed by atoms with E-state index in [2.05, 4.69) is 5.32 Å². The molecule has 0 spiro atoms. The Labute approximate surface area is 230 Å². The van der Waals surface area contributed by atoms with Crippen LogP contribution >= 0.6 is 11.6 Å².